The van der Waals surface area contributed by atoms with Gasteiger partial charge in [0.2, 0.25) is 0 Å². The van der Waals surface area contributed by atoms with E-state index in [1.807, 2.05) is 0 Å². The number of hydrogen-bond donors (Lipinski definition) is 2. The molecule has 1 rings (SSSR count). The Balaban J connectivity index is 2.98. The van der Waals surface area contributed by atoms with E-state index < -0.39 is 30.4 Å². The zero-order valence-electron chi connectivity index (χ0n) is 13.1. The van der Waals surface area contributed by atoms with Gasteiger partial charge in [-0.25, -0.2) is 4.79 Å². The first-order valence-electron chi connectivity index (χ1n) is 7.03. The molecular weight excluding hydrogens is 315 g/mol. The first-order valence-corrected chi connectivity index (χ1v) is 7.03. The number of urea groups is 1. The van der Waals surface area contributed by atoms with E-state index in [-0.39, 0.29) is 18.3 Å². The van der Waals surface area contributed by atoms with E-state index in [1.165, 1.54) is 24.0 Å². The average Bonchev–Trinajstić information content (AvgIpc) is 2.38. The number of carbonyl (C=O) groups excluding carboxylic acids is 1. The van der Waals surface area contributed by atoms with Crippen molar-refractivity contribution in [3.8, 4) is 0 Å². The minimum atomic E-state index is -4.54. The summed E-state index contributed by atoms with van der Waals surface area (Å²) in [6, 6.07) is 1.55. The molecule has 1 aromatic heterocycles. The number of pyridine rings is 1. The minimum absolute atomic E-state index is 0.0348. The van der Waals surface area contributed by atoms with Crippen molar-refractivity contribution in [3.63, 3.8) is 0 Å². The highest BCUT2D eigenvalue weighted by atomic mass is 19.4. The van der Waals surface area contributed by atoms with Crippen molar-refractivity contribution in [1.82, 2.24) is 9.47 Å². The van der Waals surface area contributed by atoms with E-state index in [0.29, 0.717) is 4.57 Å². The molecule has 1 unspecified atom stereocenters. The molecule has 2 amide bonds. The van der Waals surface area contributed by atoms with Gasteiger partial charge in [0.1, 0.15) is 12.2 Å². The number of nitrogens with zero attached hydrogens (tertiary/aromatic N) is 2. The van der Waals surface area contributed by atoms with Crippen LogP contribution in [0.3, 0.4) is 0 Å². The lowest BCUT2D eigenvalue weighted by Gasteiger charge is -2.28. The molecule has 6 nitrogen and oxygen atoms in total. The number of hydrogen-bond acceptors (Lipinski definition) is 3. The van der Waals surface area contributed by atoms with Crippen LogP contribution in [0.2, 0.25) is 0 Å². The molecule has 0 aliphatic carbocycles. The summed E-state index contributed by atoms with van der Waals surface area (Å²) in [7, 11) is 0. The second kappa shape index (κ2) is 7.49. The quantitative estimate of drug-likeness (QED) is 0.865. The molecule has 23 heavy (non-hydrogen) atoms. The standard InChI is InChI=1S/C14H20F3N3O3/c1-9(2)20(7-10(3)21)13(23)18-11-5-4-6-19(12(11)22)8-14(15,16)17/h4-6,9-10,21H,7-8H2,1-3H3,(H,18,23). The fourth-order valence-corrected chi connectivity index (χ4v) is 1.95. The smallest absolute Gasteiger partial charge is 0.392 e. The molecule has 2 N–H and O–H groups in total. The molecular formula is C14H20F3N3O3. The summed E-state index contributed by atoms with van der Waals surface area (Å²) in [4.78, 5) is 25.4. The highest BCUT2D eigenvalue weighted by Crippen LogP contribution is 2.16. The van der Waals surface area contributed by atoms with Crippen LogP contribution in [-0.2, 0) is 6.54 Å². The topological polar surface area (TPSA) is 74.6 Å². The first kappa shape index (κ1) is 19.0. The summed E-state index contributed by atoms with van der Waals surface area (Å²) in [6.07, 6.45) is -4.31. The maximum atomic E-state index is 12.4. The maximum Gasteiger partial charge on any atom is 0.406 e. The van der Waals surface area contributed by atoms with Crippen molar-refractivity contribution in [2.75, 3.05) is 11.9 Å². The van der Waals surface area contributed by atoms with Crippen LogP contribution in [0.25, 0.3) is 0 Å². The molecule has 1 atom stereocenters. The van der Waals surface area contributed by atoms with Crippen LogP contribution in [0.15, 0.2) is 23.1 Å². The number of rotatable bonds is 5. The van der Waals surface area contributed by atoms with Crippen LogP contribution in [0, 0.1) is 0 Å². The Hall–Kier alpha value is -2.03. The van der Waals surface area contributed by atoms with Crippen molar-refractivity contribution in [2.45, 2.75) is 45.6 Å². The third kappa shape index (κ3) is 5.93. The Morgan fingerprint density at radius 2 is 2.00 bits per heavy atom. The van der Waals surface area contributed by atoms with E-state index in [4.69, 9.17) is 0 Å². The number of carbonyl (C=O) groups is 1. The second-order valence-electron chi connectivity index (χ2n) is 5.50. The maximum absolute atomic E-state index is 12.4. The zero-order valence-corrected chi connectivity index (χ0v) is 13.1. The molecule has 0 spiro atoms. The average molecular weight is 335 g/mol. The predicted octanol–water partition coefficient (Wildman–Crippen LogP) is 2.03. The zero-order chi connectivity index (χ0) is 17.8. The minimum Gasteiger partial charge on any atom is -0.392 e. The van der Waals surface area contributed by atoms with Gasteiger partial charge in [0.05, 0.1) is 6.10 Å². The molecule has 130 valence electrons. The molecule has 1 aromatic rings. The van der Waals surface area contributed by atoms with Gasteiger partial charge >= 0.3 is 12.2 Å². The van der Waals surface area contributed by atoms with E-state index in [2.05, 4.69) is 5.32 Å². The summed E-state index contributed by atoms with van der Waals surface area (Å²) in [5.74, 6) is 0. The molecule has 0 saturated carbocycles. The SMILES string of the molecule is CC(O)CN(C(=O)Nc1cccn(CC(F)(F)F)c1=O)C(C)C. The van der Waals surface area contributed by atoms with Crippen LogP contribution in [0.5, 0.6) is 0 Å². The molecule has 0 radical (unpaired) electrons. The van der Waals surface area contributed by atoms with Crippen molar-refractivity contribution >= 4 is 11.7 Å². The van der Waals surface area contributed by atoms with E-state index >= 15 is 0 Å². The predicted molar refractivity (Wildman–Crippen MR) is 79.3 cm³/mol. The fraction of sp³-hybridized carbons (Fsp3) is 0.571. The van der Waals surface area contributed by atoms with Gasteiger partial charge in [-0.1, -0.05) is 0 Å². The van der Waals surface area contributed by atoms with Gasteiger partial charge in [0.15, 0.2) is 0 Å². The van der Waals surface area contributed by atoms with Crippen molar-refractivity contribution < 1.29 is 23.1 Å². The number of amides is 2. The summed E-state index contributed by atoms with van der Waals surface area (Å²) in [6.45, 7) is 3.54. The number of nitrogens with one attached hydrogen (secondary N) is 1. The molecule has 0 bridgehead atoms. The molecule has 0 aliphatic heterocycles. The van der Waals surface area contributed by atoms with Crippen molar-refractivity contribution in [3.05, 3.63) is 28.7 Å². The third-order valence-corrected chi connectivity index (χ3v) is 2.96. The van der Waals surface area contributed by atoms with Gasteiger partial charge in [0, 0.05) is 18.8 Å². The Bertz CT molecular complexity index is 597. The van der Waals surface area contributed by atoms with Crippen LogP contribution in [-0.4, -0.2) is 45.5 Å². The lowest BCUT2D eigenvalue weighted by atomic mass is 10.3. The third-order valence-electron chi connectivity index (χ3n) is 2.96. The number of aliphatic hydroxyl groups is 1. The van der Waals surface area contributed by atoms with Gasteiger partial charge in [-0.05, 0) is 32.9 Å². The fourth-order valence-electron chi connectivity index (χ4n) is 1.95. The summed E-state index contributed by atoms with van der Waals surface area (Å²) >= 11 is 0. The van der Waals surface area contributed by atoms with Crippen LogP contribution >= 0.6 is 0 Å². The van der Waals surface area contributed by atoms with E-state index in [0.717, 1.165) is 6.20 Å². The van der Waals surface area contributed by atoms with E-state index in [1.54, 1.807) is 13.8 Å². The normalized spacial score (nSPS) is 13.0. The Kier molecular flexibility index (Phi) is 6.20. The highest BCUT2D eigenvalue weighted by Gasteiger charge is 2.29. The monoisotopic (exact) mass is 335 g/mol. The number of aliphatic hydroxyl groups excluding tert-OH is 1. The molecule has 1 heterocycles. The lowest BCUT2D eigenvalue weighted by Crippen LogP contribution is -2.44. The van der Waals surface area contributed by atoms with Crippen molar-refractivity contribution in [1.29, 1.82) is 0 Å². The molecule has 0 aliphatic rings. The molecule has 0 aromatic carbocycles. The lowest BCUT2D eigenvalue weighted by molar-refractivity contribution is -0.141. The molecule has 9 heteroatoms. The van der Waals surface area contributed by atoms with Crippen molar-refractivity contribution in [2.24, 2.45) is 0 Å². The Morgan fingerprint density at radius 1 is 1.39 bits per heavy atom. The van der Waals surface area contributed by atoms with Gasteiger partial charge in [0.25, 0.3) is 5.56 Å². The van der Waals surface area contributed by atoms with Crippen LogP contribution in [0.4, 0.5) is 23.7 Å². The van der Waals surface area contributed by atoms with Crippen LogP contribution < -0.4 is 10.9 Å². The molecule has 0 saturated heterocycles. The highest BCUT2D eigenvalue weighted by molar-refractivity contribution is 5.89. The first-order chi connectivity index (χ1) is 10.5. The Labute approximate surface area is 131 Å². The number of alkyl halides is 3. The van der Waals surface area contributed by atoms with E-state index in [9.17, 15) is 27.9 Å². The number of aromatic nitrogens is 1. The summed E-state index contributed by atoms with van der Waals surface area (Å²) in [5, 5.41) is 11.7. The second-order valence-corrected chi connectivity index (χ2v) is 5.50. The Morgan fingerprint density at radius 3 is 2.48 bits per heavy atom. The van der Waals surface area contributed by atoms with Gasteiger partial charge in [-0.2, -0.15) is 13.2 Å². The van der Waals surface area contributed by atoms with Gasteiger partial charge in [-0.15, -0.1) is 0 Å². The van der Waals surface area contributed by atoms with Crippen LogP contribution in [0.1, 0.15) is 20.8 Å². The number of anilines is 1. The summed E-state index contributed by atoms with van der Waals surface area (Å²) < 4.78 is 37.7. The number of halogens is 3. The largest absolute Gasteiger partial charge is 0.406 e. The van der Waals surface area contributed by atoms with Gasteiger partial charge < -0.3 is 19.9 Å². The van der Waals surface area contributed by atoms with Gasteiger partial charge in [-0.3, -0.25) is 4.79 Å². The molecule has 0 fully saturated rings. The summed E-state index contributed by atoms with van der Waals surface area (Å²) in [5.41, 5.74) is -1.20.